The van der Waals surface area contributed by atoms with Gasteiger partial charge in [-0.3, -0.25) is 4.79 Å². The maximum atomic E-state index is 12.0. The van der Waals surface area contributed by atoms with Gasteiger partial charge >= 0.3 is 0 Å². The van der Waals surface area contributed by atoms with Gasteiger partial charge in [0.15, 0.2) is 0 Å². The predicted octanol–water partition coefficient (Wildman–Crippen LogP) is 7.34. The molecule has 4 rings (SSSR count). The lowest BCUT2D eigenvalue weighted by Crippen LogP contribution is -2.46. The largest absolute Gasteiger partial charge is 0.471 e. The fourth-order valence-corrected chi connectivity index (χ4v) is 5.37. The van der Waals surface area contributed by atoms with Crippen molar-refractivity contribution in [2.24, 2.45) is 5.73 Å². The lowest BCUT2D eigenvalue weighted by Gasteiger charge is -2.39. The standard InChI is InChI=1S/C34H41N3O2/c1-5-7-17-28-23-26-16-11-12-18-29(26)34(36-28)39-22-21-37(3,4)32(13-6-2)30-20-19-27(33(35)38)24-31(30)25-14-9-8-10-15-25/h8-12,14-16,18-20,23-24,32H,5-7,13,17,21-22H2,1-4H3,(H-,35,38)/p+1/t32-/m1/s1. The first-order chi connectivity index (χ1) is 18.8. The molecule has 204 valence electrons. The Morgan fingerprint density at radius 2 is 1.69 bits per heavy atom. The number of aromatic nitrogens is 1. The number of quaternary nitrogens is 1. The molecular weight excluding hydrogens is 482 g/mol. The highest BCUT2D eigenvalue weighted by Gasteiger charge is 2.32. The number of primary amides is 1. The fourth-order valence-electron chi connectivity index (χ4n) is 5.37. The van der Waals surface area contributed by atoms with Crippen molar-refractivity contribution >= 4 is 16.7 Å². The molecule has 0 unspecified atom stereocenters. The van der Waals surface area contributed by atoms with Crippen LogP contribution in [0.15, 0.2) is 78.9 Å². The summed E-state index contributed by atoms with van der Waals surface area (Å²) in [5.74, 6) is 0.316. The van der Waals surface area contributed by atoms with Crippen molar-refractivity contribution in [3.63, 3.8) is 0 Å². The minimum atomic E-state index is -0.409. The molecular formula is C34H42N3O2+. The van der Waals surface area contributed by atoms with E-state index in [1.54, 1.807) is 0 Å². The van der Waals surface area contributed by atoms with Crippen molar-refractivity contribution in [1.29, 1.82) is 0 Å². The number of aryl methyl sites for hydroxylation is 1. The molecule has 5 heteroatoms. The van der Waals surface area contributed by atoms with E-state index in [4.69, 9.17) is 15.5 Å². The second kappa shape index (κ2) is 12.9. The number of benzene rings is 3. The number of amides is 1. The maximum absolute atomic E-state index is 12.0. The minimum absolute atomic E-state index is 0.219. The Balaban J connectivity index is 1.61. The van der Waals surface area contributed by atoms with Crippen LogP contribution in [-0.4, -0.2) is 42.6 Å². The number of nitrogens with two attached hydrogens (primary N) is 1. The van der Waals surface area contributed by atoms with Gasteiger partial charge in [0.2, 0.25) is 11.8 Å². The van der Waals surface area contributed by atoms with E-state index in [1.807, 2.05) is 36.4 Å². The molecule has 0 aliphatic heterocycles. The molecule has 2 N–H and O–H groups in total. The first-order valence-corrected chi connectivity index (χ1v) is 14.2. The number of hydrogen-bond donors (Lipinski definition) is 1. The second-order valence-electron chi connectivity index (χ2n) is 10.9. The van der Waals surface area contributed by atoms with Gasteiger partial charge in [-0.1, -0.05) is 81.3 Å². The average Bonchev–Trinajstić information content (AvgIpc) is 2.94. The molecule has 0 aliphatic carbocycles. The third-order valence-corrected chi connectivity index (χ3v) is 7.64. The minimum Gasteiger partial charge on any atom is -0.471 e. The number of nitrogens with zero attached hydrogens (tertiary/aromatic N) is 2. The summed E-state index contributed by atoms with van der Waals surface area (Å²) in [4.78, 5) is 16.9. The van der Waals surface area contributed by atoms with Crippen LogP contribution < -0.4 is 10.5 Å². The quantitative estimate of drug-likeness (QED) is 0.186. The van der Waals surface area contributed by atoms with E-state index in [0.29, 0.717) is 12.2 Å². The molecule has 0 saturated heterocycles. The van der Waals surface area contributed by atoms with E-state index in [9.17, 15) is 4.79 Å². The molecule has 1 heterocycles. The second-order valence-corrected chi connectivity index (χ2v) is 10.9. The number of rotatable bonds is 13. The Kier molecular flexibility index (Phi) is 9.36. The van der Waals surface area contributed by atoms with Crippen LogP contribution >= 0.6 is 0 Å². The van der Waals surface area contributed by atoms with Crippen molar-refractivity contribution < 1.29 is 14.0 Å². The van der Waals surface area contributed by atoms with E-state index in [2.05, 4.69) is 70.4 Å². The Hall–Kier alpha value is -3.70. The van der Waals surface area contributed by atoms with Crippen LogP contribution in [0.1, 0.15) is 67.2 Å². The van der Waals surface area contributed by atoms with Gasteiger partial charge in [-0.05, 0) is 53.6 Å². The van der Waals surface area contributed by atoms with E-state index < -0.39 is 5.91 Å². The molecule has 5 nitrogen and oxygen atoms in total. The monoisotopic (exact) mass is 524 g/mol. The molecule has 1 aromatic heterocycles. The zero-order chi connectivity index (χ0) is 27.8. The molecule has 1 amide bonds. The highest BCUT2D eigenvalue weighted by Crippen LogP contribution is 2.37. The molecule has 4 aromatic rings. The third kappa shape index (κ3) is 6.85. The van der Waals surface area contributed by atoms with Crippen LogP contribution in [0.4, 0.5) is 0 Å². The fraction of sp³-hybridized carbons (Fsp3) is 0.353. The van der Waals surface area contributed by atoms with Gasteiger partial charge in [0.05, 0.1) is 14.1 Å². The number of unbranched alkanes of at least 4 members (excludes halogenated alkanes) is 1. The SMILES string of the molecule is CCCCc1cc2ccccc2c(OCC[N+](C)(C)[C@H](CCC)c2ccc(C(N)=O)cc2-c2ccccc2)n1. The van der Waals surface area contributed by atoms with Gasteiger partial charge in [0.25, 0.3) is 0 Å². The number of ether oxygens (including phenoxy) is 1. The smallest absolute Gasteiger partial charge is 0.248 e. The average molecular weight is 525 g/mol. The van der Waals surface area contributed by atoms with Crippen LogP contribution in [0, 0.1) is 0 Å². The van der Waals surface area contributed by atoms with Gasteiger partial charge in [-0.2, -0.15) is 0 Å². The molecule has 1 atom stereocenters. The highest BCUT2D eigenvalue weighted by molar-refractivity contribution is 5.94. The number of likely N-dealkylation sites (N-methyl/N-ethyl adjacent to an activating group) is 1. The number of hydrogen-bond acceptors (Lipinski definition) is 3. The van der Waals surface area contributed by atoms with Crippen molar-refractivity contribution in [2.75, 3.05) is 27.2 Å². The summed E-state index contributed by atoms with van der Waals surface area (Å²) in [5.41, 5.74) is 10.7. The summed E-state index contributed by atoms with van der Waals surface area (Å²) in [6, 6.07) is 26.9. The lowest BCUT2D eigenvalue weighted by molar-refractivity contribution is -0.921. The summed E-state index contributed by atoms with van der Waals surface area (Å²) in [5, 5.41) is 2.23. The van der Waals surface area contributed by atoms with Gasteiger partial charge in [-0.25, -0.2) is 4.98 Å². The van der Waals surface area contributed by atoms with Crippen LogP contribution in [0.25, 0.3) is 21.9 Å². The summed E-state index contributed by atoms with van der Waals surface area (Å²) >= 11 is 0. The predicted molar refractivity (Wildman–Crippen MR) is 161 cm³/mol. The summed E-state index contributed by atoms with van der Waals surface area (Å²) in [6.45, 7) is 5.80. The third-order valence-electron chi connectivity index (χ3n) is 7.64. The number of pyridine rings is 1. The lowest BCUT2D eigenvalue weighted by atomic mass is 9.89. The first-order valence-electron chi connectivity index (χ1n) is 14.2. The van der Waals surface area contributed by atoms with Crippen molar-refractivity contribution in [3.8, 4) is 17.0 Å². The van der Waals surface area contributed by atoms with Gasteiger partial charge in [0, 0.05) is 28.6 Å². The van der Waals surface area contributed by atoms with Crippen LogP contribution in [-0.2, 0) is 6.42 Å². The Labute approximate surface area is 233 Å². The summed E-state index contributed by atoms with van der Waals surface area (Å²) in [7, 11) is 4.54. The van der Waals surface area contributed by atoms with Crippen molar-refractivity contribution in [2.45, 2.75) is 52.0 Å². The van der Waals surface area contributed by atoms with Crippen molar-refractivity contribution in [1.82, 2.24) is 4.98 Å². The van der Waals surface area contributed by atoms with E-state index >= 15 is 0 Å². The maximum Gasteiger partial charge on any atom is 0.248 e. The van der Waals surface area contributed by atoms with Gasteiger partial charge in [0.1, 0.15) is 19.2 Å². The Bertz CT molecular complexity index is 1400. The van der Waals surface area contributed by atoms with E-state index in [0.717, 1.165) is 71.2 Å². The number of fused-ring (bicyclic) bond motifs is 1. The highest BCUT2D eigenvalue weighted by atomic mass is 16.5. The Morgan fingerprint density at radius 3 is 2.41 bits per heavy atom. The summed E-state index contributed by atoms with van der Waals surface area (Å²) < 4.78 is 7.16. The molecule has 0 spiro atoms. The molecule has 0 bridgehead atoms. The molecule has 39 heavy (non-hydrogen) atoms. The molecule has 0 fully saturated rings. The normalized spacial score (nSPS) is 12.4. The van der Waals surface area contributed by atoms with Gasteiger partial charge < -0.3 is 15.0 Å². The van der Waals surface area contributed by atoms with Crippen LogP contribution in [0.2, 0.25) is 0 Å². The van der Waals surface area contributed by atoms with E-state index in [1.165, 1.54) is 10.9 Å². The molecule has 3 aromatic carbocycles. The molecule has 0 radical (unpaired) electrons. The first kappa shape index (κ1) is 28.3. The van der Waals surface area contributed by atoms with Crippen molar-refractivity contribution in [3.05, 3.63) is 95.7 Å². The molecule has 0 saturated carbocycles. The summed E-state index contributed by atoms with van der Waals surface area (Å²) in [6.07, 6.45) is 5.27. The number of carbonyl (C=O) groups excluding carboxylic acids is 1. The number of carbonyl (C=O) groups is 1. The zero-order valence-corrected chi connectivity index (χ0v) is 23.8. The van der Waals surface area contributed by atoms with Crippen LogP contribution in [0.5, 0.6) is 5.88 Å². The topological polar surface area (TPSA) is 65.2 Å². The Morgan fingerprint density at radius 1 is 0.949 bits per heavy atom. The van der Waals surface area contributed by atoms with Gasteiger partial charge in [-0.15, -0.1) is 0 Å². The van der Waals surface area contributed by atoms with Crippen LogP contribution in [0.3, 0.4) is 0 Å². The molecule has 0 aliphatic rings. The zero-order valence-electron chi connectivity index (χ0n) is 23.8. The van der Waals surface area contributed by atoms with E-state index in [-0.39, 0.29) is 6.04 Å².